The Bertz CT molecular complexity index is 1180. The molecular weight excluding hydrogens is 462 g/mol. The molecule has 0 fully saturated rings. The highest BCUT2D eigenvalue weighted by Gasteiger charge is 2.18. The largest absolute Gasteiger partial charge is 0.454 e. The number of ketones is 1. The normalized spacial score (nSPS) is 12.4. The van der Waals surface area contributed by atoms with Gasteiger partial charge in [0.2, 0.25) is 12.6 Å². The SMILES string of the molecule is Cc1cc(C(=O)COC(=O)C=Cc2ccc3c(c2)OCO3)c(C)n1-c1ccc(Br)cc1. The van der Waals surface area contributed by atoms with Crippen LogP contribution in [0.25, 0.3) is 11.8 Å². The summed E-state index contributed by atoms with van der Waals surface area (Å²) in [6, 6.07) is 15.0. The Morgan fingerprint density at radius 1 is 1.06 bits per heavy atom. The molecule has 158 valence electrons. The molecule has 0 aliphatic carbocycles. The van der Waals surface area contributed by atoms with Gasteiger partial charge in [0.1, 0.15) is 0 Å². The van der Waals surface area contributed by atoms with Gasteiger partial charge >= 0.3 is 5.97 Å². The van der Waals surface area contributed by atoms with E-state index in [1.807, 2.05) is 48.7 Å². The van der Waals surface area contributed by atoms with E-state index >= 15 is 0 Å². The predicted octanol–water partition coefficient (Wildman–Crippen LogP) is 5.02. The number of aryl methyl sites for hydroxylation is 1. The van der Waals surface area contributed by atoms with Gasteiger partial charge in [-0.3, -0.25) is 4.79 Å². The summed E-state index contributed by atoms with van der Waals surface area (Å²) >= 11 is 3.43. The molecule has 6 nitrogen and oxygen atoms in total. The van der Waals surface area contributed by atoms with E-state index < -0.39 is 5.97 Å². The number of halogens is 1. The summed E-state index contributed by atoms with van der Waals surface area (Å²) in [5, 5.41) is 0. The Balaban J connectivity index is 1.40. The van der Waals surface area contributed by atoms with Crippen LogP contribution < -0.4 is 9.47 Å². The summed E-state index contributed by atoms with van der Waals surface area (Å²) in [5.41, 5.74) is 3.99. The molecule has 2 aromatic carbocycles. The maximum Gasteiger partial charge on any atom is 0.331 e. The van der Waals surface area contributed by atoms with Crippen molar-refractivity contribution in [2.24, 2.45) is 0 Å². The summed E-state index contributed by atoms with van der Waals surface area (Å²) in [6.45, 7) is 3.68. The lowest BCUT2D eigenvalue weighted by atomic mass is 10.1. The van der Waals surface area contributed by atoms with Gasteiger partial charge in [-0.15, -0.1) is 0 Å². The van der Waals surface area contributed by atoms with Crippen LogP contribution >= 0.6 is 15.9 Å². The molecule has 0 N–H and O–H groups in total. The van der Waals surface area contributed by atoms with E-state index in [-0.39, 0.29) is 19.2 Å². The van der Waals surface area contributed by atoms with E-state index in [1.54, 1.807) is 24.3 Å². The van der Waals surface area contributed by atoms with Crippen LogP contribution in [-0.2, 0) is 9.53 Å². The molecule has 0 saturated heterocycles. The quantitative estimate of drug-likeness (QED) is 0.280. The van der Waals surface area contributed by atoms with Crippen molar-refractivity contribution in [2.75, 3.05) is 13.4 Å². The maximum atomic E-state index is 12.7. The minimum Gasteiger partial charge on any atom is -0.454 e. The Kier molecular flexibility index (Phi) is 5.95. The third kappa shape index (κ3) is 4.56. The van der Waals surface area contributed by atoms with Crippen LogP contribution in [0.15, 0.2) is 59.1 Å². The number of nitrogens with zero attached hydrogens (tertiary/aromatic N) is 1. The van der Waals surface area contributed by atoms with Crippen molar-refractivity contribution < 1.29 is 23.8 Å². The van der Waals surface area contributed by atoms with Crippen LogP contribution in [0.4, 0.5) is 0 Å². The minimum absolute atomic E-state index is 0.190. The predicted molar refractivity (Wildman–Crippen MR) is 120 cm³/mol. The fraction of sp³-hybridized carbons (Fsp3) is 0.167. The molecule has 0 saturated carbocycles. The second-order valence-corrected chi connectivity index (χ2v) is 7.99. The number of esters is 1. The maximum absolute atomic E-state index is 12.7. The molecule has 1 aliphatic rings. The molecular formula is C24H20BrNO5. The van der Waals surface area contributed by atoms with Crippen LogP contribution in [0.1, 0.15) is 27.3 Å². The zero-order valence-electron chi connectivity index (χ0n) is 17.1. The molecule has 2 heterocycles. The van der Waals surface area contributed by atoms with E-state index in [2.05, 4.69) is 15.9 Å². The molecule has 0 bridgehead atoms. The molecule has 0 unspecified atom stereocenters. The van der Waals surface area contributed by atoms with E-state index in [0.717, 1.165) is 27.1 Å². The Morgan fingerprint density at radius 2 is 1.81 bits per heavy atom. The zero-order chi connectivity index (χ0) is 22.0. The molecule has 0 spiro atoms. The number of hydrogen-bond acceptors (Lipinski definition) is 5. The number of rotatable bonds is 6. The monoisotopic (exact) mass is 481 g/mol. The van der Waals surface area contributed by atoms with Gasteiger partial charge in [-0.05, 0) is 68.0 Å². The average molecular weight is 482 g/mol. The molecule has 3 aromatic rings. The van der Waals surface area contributed by atoms with Crippen molar-refractivity contribution in [3.63, 3.8) is 0 Å². The van der Waals surface area contributed by atoms with Crippen molar-refractivity contribution in [3.05, 3.63) is 81.6 Å². The lowest BCUT2D eigenvalue weighted by Gasteiger charge is -2.10. The van der Waals surface area contributed by atoms with Gasteiger partial charge in [0, 0.05) is 33.2 Å². The number of carbonyl (C=O) groups is 2. The first-order valence-corrected chi connectivity index (χ1v) is 10.4. The molecule has 1 aliphatic heterocycles. The fourth-order valence-corrected chi connectivity index (χ4v) is 3.74. The van der Waals surface area contributed by atoms with Crippen molar-refractivity contribution in [3.8, 4) is 17.2 Å². The summed E-state index contributed by atoms with van der Waals surface area (Å²) in [6.07, 6.45) is 2.89. The van der Waals surface area contributed by atoms with Crippen LogP contribution in [0.5, 0.6) is 11.5 Å². The second-order valence-electron chi connectivity index (χ2n) is 7.07. The fourth-order valence-electron chi connectivity index (χ4n) is 3.48. The van der Waals surface area contributed by atoms with Crippen molar-refractivity contribution in [1.82, 2.24) is 4.57 Å². The molecule has 31 heavy (non-hydrogen) atoms. The van der Waals surface area contributed by atoms with Crippen molar-refractivity contribution in [2.45, 2.75) is 13.8 Å². The third-order valence-corrected chi connectivity index (χ3v) is 5.50. The highest BCUT2D eigenvalue weighted by molar-refractivity contribution is 9.10. The number of fused-ring (bicyclic) bond motifs is 1. The van der Waals surface area contributed by atoms with Crippen LogP contribution in [0, 0.1) is 13.8 Å². The average Bonchev–Trinajstić information content (AvgIpc) is 3.34. The topological polar surface area (TPSA) is 66.8 Å². The lowest BCUT2D eigenvalue weighted by Crippen LogP contribution is -2.13. The van der Waals surface area contributed by atoms with Gasteiger partial charge in [0.15, 0.2) is 18.1 Å². The van der Waals surface area contributed by atoms with E-state index in [4.69, 9.17) is 14.2 Å². The summed E-state index contributed by atoms with van der Waals surface area (Å²) in [5.74, 6) is 0.465. The zero-order valence-corrected chi connectivity index (χ0v) is 18.6. The number of ether oxygens (including phenoxy) is 3. The highest BCUT2D eigenvalue weighted by Crippen LogP contribution is 2.32. The van der Waals surface area contributed by atoms with Crippen molar-refractivity contribution in [1.29, 1.82) is 0 Å². The van der Waals surface area contributed by atoms with E-state index in [9.17, 15) is 9.59 Å². The molecule has 4 rings (SSSR count). The number of benzene rings is 2. The van der Waals surface area contributed by atoms with Crippen LogP contribution in [-0.4, -0.2) is 29.7 Å². The van der Waals surface area contributed by atoms with Gasteiger partial charge in [0.25, 0.3) is 0 Å². The smallest absolute Gasteiger partial charge is 0.331 e. The lowest BCUT2D eigenvalue weighted by molar-refractivity contribution is -0.136. The Hall–Kier alpha value is -3.32. The standard InChI is InChI=1S/C24H20BrNO5/c1-15-11-20(16(2)26(15)19-7-5-18(25)6-8-19)21(27)13-29-24(28)10-4-17-3-9-22-23(12-17)31-14-30-22/h3-12H,13-14H2,1-2H3. The van der Waals surface area contributed by atoms with Gasteiger partial charge in [-0.25, -0.2) is 4.79 Å². The van der Waals surface area contributed by atoms with Gasteiger partial charge in [-0.1, -0.05) is 22.0 Å². The van der Waals surface area contributed by atoms with Crippen LogP contribution in [0.2, 0.25) is 0 Å². The Morgan fingerprint density at radius 3 is 2.58 bits per heavy atom. The first-order chi connectivity index (χ1) is 14.9. The third-order valence-electron chi connectivity index (χ3n) is 4.97. The van der Waals surface area contributed by atoms with Gasteiger partial charge in [-0.2, -0.15) is 0 Å². The number of carbonyl (C=O) groups excluding carboxylic acids is 2. The summed E-state index contributed by atoms with van der Waals surface area (Å²) in [4.78, 5) is 24.7. The van der Waals surface area contributed by atoms with Gasteiger partial charge < -0.3 is 18.8 Å². The first kappa shape index (κ1) is 20.9. The molecule has 0 amide bonds. The van der Waals surface area contributed by atoms with Crippen molar-refractivity contribution >= 4 is 33.8 Å². The van der Waals surface area contributed by atoms with E-state index in [0.29, 0.717) is 17.1 Å². The number of hydrogen-bond donors (Lipinski definition) is 0. The second kappa shape index (κ2) is 8.81. The summed E-state index contributed by atoms with van der Waals surface area (Å²) < 4.78 is 18.7. The van der Waals surface area contributed by atoms with Gasteiger partial charge in [0.05, 0.1) is 0 Å². The number of Topliss-reactive ketones (excluding diaryl/α,β-unsaturated/α-hetero) is 1. The Labute approximate surface area is 188 Å². The molecule has 0 atom stereocenters. The van der Waals surface area contributed by atoms with Crippen LogP contribution in [0.3, 0.4) is 0 Å². The molecule has 1 aromatic heterocycles. The minimum atomic E-state index is -0.590. The number of aromatic nitrogens is 1. The molecule has 0 radical (unpaired) electrons. The van der Waals surface area contributed by atoms with E-state index in [1.165, 1.54) is 6.08 Å². The summed E-state index contributed by atoms with van der Waals surface area (Å²) in [7, 11) is 0. The first-order valence-electron chi connectivity index (χ1n) is 9.65. The highest BCUT2D eigenvalue weighted by atomic mass is 79.9. The molecule has 7 heteroatoms.